The molecular weight excluding hydrogens is 374 g/mol. The molecule has 0 amide bonds. The van der Waals surface area contributed by atoms with Crippen molar-refractivity contribution in [1.82, 2.24) is 0 Å². The molecule has 29 heavy (non-hydrogen) atoms. The van der Waals surface area contributed by atoms with Crippen LogP contribution in [0.5, 0.6) is 0 Å². The van der Waals surface area contributed by atoms with Crippen LogP contribution in [-0.2, 0) is 9.63 Å². The predicted octanol–water partition coefficient (Wildman–Crippen LogP) is 6.40. The molecule has 0 saturated heterocycles. The van der Waals surface area contributed by atoms with E-state index in [1.54, 1.807) is 0 Å². The van der Waals surface area contributed by atoms with Crippen molar-refractivity contribution in [2.45, 2.75) is 85.4 Å². The molecule has 1 saturated carbocycles. The van der Waals surface area contributed by atoms with Crippen LogP contribution in [-0.4, -0.2) is 19.8 Å². The molecule has 2 rings (SSSR count). The summed E-state index contributed by atoms with van der Waals surface area (Å²) in [6, 6.07) is 11.1. The molecule has 162 valence electrons. The molecule has 0 N–H and O–H groups in total. The monoisotopic (exact) mass is 415 g/mol. The quantitative estimate of drug-likeness (QED) is 0.280. The number of oxime groups is 1. The van der Waals surface area contributed by atoms with Crippen LogP contribution < -0.4 is 5.19 Å². The summed E-state index contributed by atoms with van der Waals surface area (Å²) in [6.07, 6.45) is 5.93. The summed E-state index contributed by atoms with van der Waals surface area (Å²) in [4.78, 5) is 16.7. The van der Waals surface area contributed by atoms with Gasteiger partial charge in [0.1, 0.15) is 0 Å². The van der Waals surface area contributed by atoms with E-state index < -0.39 is 8.07 Å². The van der Waals surface area contributed by atoms with Gasteiger partial charge in [-0.05, 0) is 36.1 Å². The fourth-order valence-electron chi connectivity index (χ4n) is 5.19. The van der Waals surface area contributed by atoms with Gasteiger partial charge < -0.3 is 4.84 Å². The van der Waals surface area contributed by atoms with E-state index in [1.165, 1.54) is 37.8 Å². The molecule has 3 nitrogen and oxygen atoms in total. The largest absolute Gasteiger partial charge is 0.331 e. The van der Waals surface area contributed by atoms with Crippen LogP contribution in [0.2, 0.25) is 18.6 Å². The molecule has 0 heterocycles. The van der Waals surface area contributed by atoms with Crippen LogP contribution in [0.15, 0.2) is 35.5 Å². The standard InChI is InChI=1S/C25H41NO2Si/c1-18(2)12-11-13-20(4)25-23(26-28-21(5)27)16-19(3)17-24(25)29(6,7)22-14-9-8-10-15-22/h8-10,14-15,18-20,24-25H,11-13,16-17H2,1-7H3/b26-23-/t19-,20+,24+,25?/m0/s1. The van der Waals surface area contributed by atoms with E-state index in [9.17, 15) is 4.79 Å². The Balaban J connectivity index is 2.38. The third-order valence-electron chi connectivity index (χ3n) is 6.82. The lowest BCUT2D eigenvalue weighted by molar-refractivity contribution is -0.141. The maximum Gasteiger partial charge on any atom is 0.331 e. The van der Waals surface area contributed by atoms with Crippen molar-refractivity contribution < 1.29 is 9.63 Å². The molecular formula is C25H41NO2Si. The van der Waals surface area contributed by atoms with Crippen LogP contribution in [0.3, 0.4) is 0 Å². The first-order chi connectivity index (χ1) is 13.6. The summed E-state index contributed by atoms with van der Waals surface area (Å²) in [5.74, 6) is 1.95. The molecule has 1 aliphatic carbocycles. The first kappa shape index (κ1) is 23.9. The second-order valence-corrected chi connectivity index (χ2v) is 15.0. The lowest BCUT2D eigenvalue weighted by Gasteiger charge is -2.46. The first-order valence-electron chi connectivity index (χ1n) is 11.4. The van der Waals surface area contributed by atoms with Gasteiger partial charge >= 0.3 is 5.97 Å². The highest BCUT2D eigenvalue weighted by molar-refractivity contribution is 6.91. The summed E-state index contributed by atoms with van der Waals surface area (Å²) in [5, 5.41) is 5.94. The Hall–Kier alpha value is -1.42. The Morgan fingerprint density at radius 1 is 1.17 bits per heavy atom. The molecule has 0 spiro atoms. The lowest BCUT2D eigenvalue weighted by atomic mass is 9.73. The minimum Gasteiger partial charge on any atom is -0.319 e. The van der Waals surface area contributed by atoms with Crippen molar-refractivity contribution in [1.29, 1.82) is 0 Å². The number of hydrogen-bond donors (Lipinski definition) is 0. The van der Waals surface area contributed by atoms with Gasteiger partial charge in [-0.2, -0.15) is 0 Å². The molecule has 1 unspecified atom stereocenters. The van der Waals surface area contributed by atoms with E-state index in [4.69, 9.17) is 4.84 Å². The number of benzene rings is 1. The summed E-state index contributed by atoms with van der Waals surface area (Å²) < 4.78 is 0. The van der Waals surface area contributed by atoms with Crippen molar-refractivity contribution in [2.75, 3.05) is 0 Å². The third kappa shape index (κ3) is 6.53. The predicted molar refractivity (Wildman–Crippen MR) is 126 cm³/mol. The number of nitrogens with zero attached hydrogens (tertiary/aromatic N) is 1. The Labute approximate surface area is 179 Å². The average molecular weight is 416 g/mol. The zero-order valence-electron chi connectivity index (χ0n) is 19.6. The molecule has 4 atom stereocenters. The zero-order chi connectivity index (χ0) is 21.6. The SMILES string of the molecule is CC(=O)O/N=C1/C[C@H](C)C[C@@H]([Si](C)(C)c2ccccc2)C1[C@H](C)CCCC(C)C. The van der Waals surface area contributed by atoms with E-state index in [0.29, 0.717) is 23.3 Å². The number of rotatable bonds is 8. The van der Waals surface area contributed by atoms with E-state index in [2.05, 4.69) is 76.3 Å². The highest BCUT2D eigenvalue weighted by Crippen LogP contribution is 2.47. The van der Waals surface area contributed by atoms with E-state index in [0.717, 1.165) is 18.1 Å². The van der Waals surface area contributed by atoms with Crippen molar-refractivity contribution >= 4 is 24.9 Å². The minimum atomic E-state index is -1.73. The van der Waals surface area contributed by atoms with Crippen LogP contribution in [0.25, 0.3) is 0 Å². The van der Waals surface area contributed by atoms with Gasteiger partial charge in [-0.25, -0.2) is 4.79 Å². The first-order valence-corrected chi connectivity index (χ1v) is 14.5. The van der Waals surface area contributed by atoms with Crippen LogP contribution in [0.4, 0.5) is 0 Å². The van der Waals surface area contributed by atoms with Crippen molar-refractivity contribution in [3.8, 4) is 0 Å². The fraction of sp³-hybridized carbons (Fsp3) is 0.680. The minimum absolute atomic E-state index is 0.321. The van der Waals surface area contributed by atoms with Gasteiger partial charge in [0.15, 0.2) is 0 Å². The molecule has 1 aromatic carbocycles. The van der Waals surface area contributed by atoms with Gasteiger partial charge in [0.25, 0.3) is 0 Å². The Kier molecular flexibility index (Phi) is 8.68. The van der Waals surface area contributed by atoms with Gasteiger partial charge in [0.05, 0.1) is 13.8 Å². The molecule has 1 aliphatic rings. The van der Waals surface area contributed by atoms with Gasteiger partial charge in [0.2, 0.25) is 0 Å². The van der Waals surface area contributed by atoms with E-state index in [1.807, 2.05) is 0 Å². The van der Waals surface area contributed by atoms with Crippen LogP contribution in [0, 0.1) is 23.7 Å². The molecule has 1 fully saturated rings. The molecule has 0 aromatic heterocycles. The molecule has 0 bridgehead atoms. The van der Waals surface area contributed by atoms with Gasteiger partial charge in [-0.1, -0.05) is 101 Å². The van der Waals surface area contributed by atoms with Crippen LogP contribution in [0.1, 0.15) is 66.7 Å². The smallest absolute Gasteiger partial charge is 0.319 e. The number of carbonyl (C=O) groups is 1. The molecule has 0 aliphatic heterocycles. The summed E-state index contributed by atoms with van der Waals surface area (Å²) >= 11 is 0. The maximum atomic E-state index is 11.5. The van der Waals surface area contributed by atoms with Crippen molar-refractivity contribution in [3.05, 3.63) is 30.3 Å². The summed E-state index contributed by atoms with van der Waals surface area (Å²) in [5.41, 5.74) is 1.73. The van der Waals surface area contributed by atoms with Crippen molar-refractivity contribution in [3.63, 3.8) is 0 Å². The summed E-state index contributed by atoms with van der Waals surface area (Å²) in [6.45, 7) is 15.8. The molecule has 1 aromatic rings. The Morgan fingerprint density at radius 3 is 2.41 bits per heavy atom. The van der Waals surface area contributed by atoms with Crippen molar-refractivity contribution in [2.24, 2.45) is 28.8 Å². The normalized spacial score (nSPS) is 25.2. The Bertz CT molecular complexity index is 683. The number of hydrogen-bond acceptors (Lipinski definition) is 3. The molecule has 4 heteroatoms. The maximum absolute atomic E-state index is 11.5. The van der Waals surface area contributed by atoms with E-state index in [-0.39, 0.29) is 5.97 Å². The van der Waals surface area contributed by atoms with Gasteiger partial charge in [-0.15, -0.1) is 0 Å². The average Bonchev–Trinajstić information content (AvgIpc) is 2.66. The second-order valence-electron chi connectivity index (χ2n) is 10.2. The van der Waals surface area contributed by atoms with Gasteiger partial charge in [0, 0.05) is 12.8 Å². The Morgan fingerprint density at radius 2 is 1.83 bits per heavy atom. The van der Waals surface area contributed by atoms with Gasteiger partial charge in [-0.3, -0.25) is 0 Å². The van der Waals surface area contributed by atoms with Crippen LogP contribution >= 0.6 is 0 Å². The fourth-order valence-corrected chi connectivity index (χ4v) is 9.08. The zero-order valence-corrected chi connectivity index (χ0v) is 20.6. The summed E-state index contributed by atoms with van der Waals surface area (Å²) in [7, 11) is -1.73. The highest BCUT2D eigenvalue weighted by atomic mass is 28.3. The highest BCUT2D eigenvalue weighted by Gasteiger charge is 2.46. The lowest BCUT2D eigenvalue weighted by Crippen LogP contribution is -2.53. The second kappa shape index (κ2) is 10.6. The molecule has 0 radical (unpaired) electrons. The topological polar surface area (TPSA) is 38.7 Å². The third-order valence-corrected chi connectivity index (χ3v) is 11.1. The van der Waals surface area contributed by atoms with E-state index >= 15 is 0 Å². The number of carbonyl (C=O) groups excluding carboxylic acids is 1.